The van der Waals surface area contributed by atoms with Gasteiger partial charge in [0.2, 0.25) is 11.8 Å². The lowest BCUT2D eigenvalue weighted by molar-refractivity contribution is -0.134. The van der Waals surface area contributed by atoms with Crippen LogP contribution in [0.1, 0.15) is 37.2 Å². The highest BCUT2D eigenvalue weighted by Crippen LogP contribution is 2.26. The lowest BCUT2D eigenvalue weighted by Crippen LogP contribution is -2.48. The fraction of sp³-hybridized carbons (Fsp3) is 0.423. The second-order valence-electron chi connectivity index (χ2n) is 9.18. The molecule has 1 aliphatic heterocycles. The molecule has 190 valence electrons. The predicted octanol–water partition coefficient (Wildman–Crippen LogP) is 1.93. The predicted molar refractivity (Wildman–Crippen MR) is 133 cm³/mol. The van der Waals surface area contributed by atoms with Crippen molar-refractivity contribution in [1.29, 1.82) is 5.26 Å². The van der Waals surface area contributed by atoms with Crippen molar-refractivity contribution in [2.24, 2.45) is 11.8 Å². The highest BCUT2D eigenvalue weighted by atomic mass is 16.5. The molecule has 3 amide bonds. The molecule has 1 aromatic carbocycles. The molecule has 0 bridgehead atoms. The number of rotatable bonds is 11. The minimum Gasteiger partial charge on any atom is -0.496 e. The number of nitriles is 1. The van der Waals surface area contributed by atoms with Crippen LogP contribution in [0.4, 0.5) is 0 Å². The van der Waals surface area contributed by atoms with Gasteiger partial charge in [-0.3, -0.25) is 19.2 Å². The number of nitrogens with one attached hydrogen (secondary N) is 3. The summed E-state index contributed by atoms with van der Waals surface area (Å²) >= 11 is 0. The number of hydrogen-bond donors (Lipinski definition) is 3. The van der Waals surface area contributed by atoms with Gasteiger partial charge in [0, 0.05) is 36.1 Å². The molecule has 0 aliphatic carbocycles. The Balaban J connectivity index is 1.78. The van der Waals surface area contributed by atoms with Crippen molar-refractivity contribution in [2.45, 2.75) is 32.7 Å². The molecule has 36 heavy (non-hydrogen) atoms. The number of H-pyrrole nitrogens is 1. The number of carbonyl (C=O) groups excluding carboxylic acids is 4. The Morgan fingerprint density at radius 2 is 2.11 bits per heavy atom. The van der Waals surface area contributed by atoms with Gasteiger partial charge in [-0.15, -0.1) is 0 Å². The maximum Gasteiger partial charge on any atom is 0.268 e. The summed E-state index contributed by atoms with van der Waals surface area (Å²) in [5, 5.41) is 15.1. The van der Waals surface area contributed by atoms with Crippen molar-refractivity contribution < 1.29 is 23.9 Å². The number of carbonyl (C=O) groups is 4. The molecule has 0 unspecified atom stereocenters. The standard InChI is InChI=1S/C26H31N5O5/c1-16(2)12-20(30-26(35)21-13-18-19(29-21)6-4-7-23(18)36-3)22(32)15-31(24(33)8-5-10-27)14-17-9-11-28-25(17)34/h4-8,13,16-17,20,29H,9,11-12,14-15H2,1-3H3,(H,28,34)(H,30,35)/b8-5-/t17-,20-/m0/s1. The van der Waals surface area contributed by atoms with Crippen molar-refractivity contribution in [2.75, 3.05) is 26.7 Å². The van der Waals surface area contributed by atoms with Crippen LogP contribution in [-0.2, 0) is 14.4 Å². The summed E-state index contributed by atoms with van der Waals surface area (Å²) in [5.74, 6) is -1.25. The molecule has 2 aromatic rings. The SMILES string of the molecule is COc1cccc2[nH]c(C(=O)N[C@@H](CC(C)C)C(=O)CN(C[C@@H]3CCNC3=O)C(=O)/C=C\C#N)cc12. The third kappa shape index (κ3) is 6.50. The second kappa shape index (κ2) is 12.0. The van der Waals surface area contributed by atoms with Gasteiger partial charge < -0.3 is 25.3 Å². The van der Waals surface area contributed by atoms with E-state index in [4.69, 9.17) is 10.00 Å². The fourth-order valence-electron chi connectivity index (χ4n) is 4.24. The number of aromatic amines is 1. The van der Waals surface area contributed by atoms with Gasteiger partial charge in [-0.25, -0.2) is 0 Å². The smallest absolute Gasteiger partial charge is 0.268 e. The molecular weight excluding hydrogens is 462 g/mol. The van der Waals surface area contributed by atoms with Crippen molar-refractivity contribution in [3.05, 3.63) is 42.1 Å². The molecule has 0 spiro atoms. The number of ether oxygens (including phenoxy) is 1. The van der Waals surface area contributed by atoms with Gasteiger partial charge in [-0.1, -0.05) is 19.9 Å². The molecule has 1 fully saturated rings. The topological polar surface area (TPSA) is 144 Å². The summed E-state index contributed by atoms with van der Waals surface area (Å²) in [6.45, 7) is 4.13. The van der Waals surface area contributed by atoms with Crippen LogP contribution in [0.3, 0.4) is 0 Å². The number of ketones is 1. The zero-order valence-electron chi connectivity index (χ0n) is 20.7. The molecule has 0 saturated carbocycles. The van der Waals surface area contributed by atoms with Crippen molar-refractivity contribution in [3.8, 4) is 11.8 Å². The Morgan fingerprint density at radius 1 is 1.33 bits per heavy atom. The molecule has 10 nitrogen and oxygen atoms in total. The molecule has 1 aromatic heterocycles. The first-order chi connectivity index (χ1) is 17.2. The van der Waals surface area contributed by atoms with E-state index in [9.17, 15) is 19.2 Å². The zero-order valence-corrected chi connectivity index (χ0v) is 20.7. The fourth-order valence-corrected chi connectivity index (χ4v) is 4.24. The van der Waals surface area contributed by atoms with E-state index >= 15 is 0 Å². The summed E-state index contributed by atoms with van der Waals surface area (Å²) in [6.07, 6.45) is 3.03. The van der Waals surface area contributed by atoms with Crippen LogP contribution in [-0.4, -0.2) is 66.2 Å². The van der Waals surface area contributed by atoms with Gasteiger partial charge in [0.05, 0.1) is 31.7 Å². The summed E-state index contributed by atoms with van der Waals surface area (Å²) in [5.41, 5.74) is 1.01. The Kier molecular flexibility index (Phi) is 8.84. The van der Waals surface area contributed by atoms with Gasteiger partial charge in [0.1, 0.15) is 11.4 Å². The highest BCUT2D eigenvalue weighted by molar-refractivity contribution is 6.02. The van der Waals surface area contributed by atoms with Crippen molar-refractivity contribution in [3.63, 3.8) is 0 Å². The maximum atomic E-state index is 13.3. The van der Waals surface area contributed by atoms with Crippen LogP contribution in [0.2, 0.25) is 0 Å². The van der Waals surface area contributed by atoms with Crippen LogP contribution in [0.5, 0.6) is 5.75 Å². The summed E-state index contributed by atoms with van der Waals surface area (Å²) < 4.78 is 5.35. The number of hydrogen-bond acceptors (Lipinski definition) is 6. The van der Waals surface area contributed by atoms with E-state index in [1.165, 1.54) is 4.90 Å². The first-order valence-corrected chi connectivity index (χ1v) is 11.9. The van der Waals surface area contributed by atoms with Crippen molar-refractivity contribution in [1.82, 2.24) is 20.5 Å². The highest BCUT2D eigenvalue weighted by Gasteiger charge is 2.31. The van der Waals surface area contributed by atoms with E-state index < -0.39 is 23.8 Å². The van der Waals surface area contributed by atoms with Gasteiger partial charge in [0.25, 0.3) is 5.91 Å². The Bertz CT molecular complexity index is 1210. The van der Waals surface area contributed by atoms with E-state index in [2.05, 4.69) is 15.6 Å². The molecule has 0 radical (unpaired) electrons. The average Bonchev–Trinajstić information content (AvgIpc) is 3.47. The zero-order chi connectivity index (χ0) is 26.2. The Labute approximate surface area is 209 Å². The number of nitrogens with zero attached hydrogens (tertiary/aromatic N) is 2. The normalized spacial score (nSPS) is 16.1. The Hall–Kier alpha value is -4.13. The third-order valence-corrected chi connectivity index (χ3v) is 6.05. The summed E-state index contributed by atoms with van der Waals surface area (Å²) in [7, 11) is 1.55. The first kappa shape index (κ1) is 26.5. The van der Waals surface area contributed by atoms with Gasteiger partial charge in [-0.05, 0) is 37.0 Å². The number of amides is 3. The largest absolute Gasteiger partial charge is 0.496 e. The molecule has 3 rings (SSSR count). The molecule has 1 aliphatic rings. The molecule has 2 atom stereocenters. The lowest BCUT2D eigenvalue weighted by Gasteiger charge is -2.26. The van der Waals surface area contributed by atoms with Crippen LogP contribution in [0.25, 0.3) is 10.9 Å². The minimum atomic E-state index is -0.849. The quantitative estimate of drug-likeness (QED) is 0.322. The van der Waals surface area contributed by atoms with Crippen LogP contribution >= 0.6 is 0 Å². The van der Waals surface area contributed by atoms with Gasteiger partial charge >= 0.3 is 0 Å². The number of benzene rings is 1. The monoisotopic (exact) mass is 493 g/mol. The number of aromatic nitrogens is 1. The molecule has 2 heterocycles. The van der Waals surface area contributed by atoms with E-state index in [1.54, 1.807) is 31.4 Å². The van der Waals surface area contributed by atoms with E-state index in [0.717, 1.165) is 23.1 Å². The van der Waals surface area contributed by atoms with Crippen LogP contribution in [0, 0.1) is 23.2 Å². The first-order valence-electron chi connectivity index (χ1n) is 11.9. The molecular formula is C26H31N5O5. The third-order valence-electron chi connectivity index (χ3n) is 6.05. The van der Waals surface area contributed by atoms with Gasteiger partial charge in [-0.2, -0.15) is 5.26 Å². The van der Waals surface area contributed by atoms with E-state index in [0.29, 0.717) is 25.1 Å². The number of Topliss-reactive ketones (excluding diaryl/α,β-unsaturated/α-hetero) is 1. The van der Waals surface area contributed by atoms with Crippen LogP contribution in [0.15, 0.2) is 36.4 Å². The molecule has 1 saturated heterocycles. The number of fused-ring (bicyclic) bond motifs is 1. The molecule has 3 N–H and O–H groups in total. The maximum absolute atomic E-state index is 13.3. The average molecular weight is 494 g/mol. The van der Waals surface area contributed by atoms with E-state index in [1.807, 2.05) is 19.9 Å². The number of methoxy groups -OCH3 is 1. The molecule has 10 heteroatoms. The van der Waals surface area contributed by atoms with E-state index in [-0.39, 0.29) is 36.4 Å². The minimum absolute atomic E-state index is 0.0519. The summed E-state index contributed by atoms with van der Waals surface area (Å²) in [6, 6.07) is 8.00. The van der Waals surface area contributed by atoms with Gasteiger partial charge in [0.15, 0.2) is 5.78 Å². The lowest BCUT2D eigenvalue weighted by atomic mass is 9.99. The second-order valence-corrected chi connectivity index (χ2v) is 9.18. The Morgan fingerprint density at radius 3 is 2.75 bits per heavy atom. The van der Waals surface area contributed by atoms with Crippen molar-refractivity contribution >= 4 is 34.4 Å². The summed E-state index contributed by atoms with van der Waals surface area (Å²) in [4.78, 5) is 55.5. The van der Waals surface area contributed by atoms with Crippen LogP contribution < -0.4 is 15.4 Å². The number of allylic oxidation sites excluding steroid dienone is 1.